The molecule has 0 aromatic heterocycles. The molecule has 0 aliphatic carbocycles. The average molecular weight is 518 g/mol. The molecule has 36 heavy (non-hydrogen) atoms. The summed E-state index contributed by atoms with van der Waals surface area (Å²) in [6, 6.07) is 11.9. The molecule has 0 amide bonds. The summed E-state index contributed by atoms with van der Waals surface area (Å²) in [6.07, 6.45) is -4.72. The summed E-state index contributed by atoms with van der Waals surface area (Å²) in [5.41, 5.74) is -0.351. The number of aliphatic carboxylic acids is 1. The third-order valence-corrected chi connectivity index (χ3v) is 6.20. The van der Waals surface area contributed by atoms with E-state index in [0.29, 0.717) is 12.5 Å². The van der Waals surface area contributed by atoms with Gasteiger partial charge in [0.2, 0.25) is 0 Å². The molecule has 0 spiro atoms. The predicted octanol–water partition coefficient (Wildman–Crippen LogP) is 8.07. The van der Waals surface area contributed by atoms with Gasteiger partial charge in [-0.1, -0.05) is 56.3 Å². The zero-order chi connectivity index (χ0) is 26.9. The lowest BCUT2D eigenvalue weighted by Crippen LogP contribution is -2.39. The van der Waals surface area contributed by atoms with Gasteiger partial charge in [-0.15, -0.1) is 0 Å². The molecule has 0 radical (unpaired) electrons. The maximum absolute atomic E-state index is 12.8. The van der Waals surface area contributed by atoms with Gasteiger partial charge >= 0.3 is 18.3 Å². The van der Waals surface area contributed by atoms with Crippen LogP contribution in [0.1, 0.15) is 68.7 Å². The van der Waals surface area contributed by atoms with E-state index < -0.39 is 29.4 Å². The van der Waals surface area contributed by atoms with E-state index in [1.165, 1.54) is 12.1 Å². The summed E-state index contributed by atoms with van der Waals surface area (Å²) in [4.78, 5) is 13.3. The fourth-order valence-electron chi connectivity index (χ4n) is 4.37. The van der Waals surface area contributed by atoms with Crippen LogP contribution >= 0.6 is 0 Å². The lowest BCUT2D eigenvalue weighted by atomic mass is 9.90. The van der Waals surface area contributed by atoms with Gasteiger partial charge in [-0.3, -0.25) is 9.69 Å². The van der Waals surface area contributed by atoms with E-state index in [1.54, 1.807) is 18.2 Å². The zero-order valence-corrected chi connectivity index (χ0v) is 20.4. The number of hydrogen-bond donors (Lipinski definition) is 1. The van der Waals surface area contributed by atoms with Crippen molar-refractivity contribution in [2.45, 2.75) is 64.3 Å². The molecule has 200 valence electrons. The van der Waals surface area contributed by atoms with Crippen molar-refractivity contribution in [2.75, 3.05) is 13.1 Å². The number of halogens is 6. The minimum atomic E-state index is -4.33. The van der Waals surface area contributed by atoms with E-state index >= 15 is 0 Å². The molecule has 3 nitrogen and oxygen atoms in total. The van der Waals surface area contributed by atoms with E-state index in [9.17, 15) is 31.1 Å². The molecule has 9 heteroatoms. The van der Waals surface area contributed by atoms with Crippen LogP contribution in [-0.2, 0) is 17.1 Å². The highest BCUT2D eigenvalue weighted by Gasteiger charge is 2.32. The number of alkyl halides is 6. The Bertz CT molecular complexity index is 926. The van der Waals surface area contributed by atoms with E-state index in [-0.39, 0.29) is 18.4 Å². The summed E-state index contributed by atoms with van der Waals surface area (Å²) in [7, 11) is 0. The van der Waals surface area contributed by atoms with Gasteiger partial charge in [0.15, 0.2) is 0 Å². The molecule has 1 fully saturated rings. The number of nitrogens with zero attached hydrogens (tertiary/aromatic N) is 1. The number of carboxylic acids is 1. The average Bonchev–Trinajstić information content (AvgIpc) is 2.79. The van der Waals surface area contributed by atoms with Crippen LogP contribution in [0.25, 0.3) is 0 Å². The third kappa shape index (κ3) is 9.84. The second-order valence-corrected chi connectivity index (χ2v) is 9.57. The lowest BCUT2D eigenvalue weighted by Gasteiger charge is -2.38. The summed E-state index contributed by atoms with van der Waals surface area (Å²) < 4.78 is 73.9. The van der Waals surface area contributed by atoms with E-state index in [1.807, 2.05) is 0 Å². The lowest BCUT2D eigenvalue weighted by molar-refractivity contribution is -0.139. The van der Waals surface area contributed by atoms with Crippen LogP contribution in [0, 0.1) is 11.8 Å². The van der Waals surface area contributed by atoms with Gasteiger partial charge in [0, 0.05) is 19.0 Å². The number of piperidine rings is 1. The first-order valence-electron chi connectivity index (χ1n) is 12.0. The summed E-state index contributed by atoms with van der Waals surface area (Å²) >= 11 is 0. The Kier molecular flexibility index (Phi) is 10.8. The molecule has 1 aliphatic rings. The molecule has 1 N–H and O–H groups in total. The highest BCUT2D eigenvalue weighted by molar-refractivity contribution is 5.67. The molecular weight excluding hydrogens is 484 g/mol. The Morgan fingerprint density at radius 3 is 1.94 bits per heavy atom. The molecule has 2 aromatic rings. The van der Waals surface area contributed by atoms with Crippen molar-refractivity contribution in [1.29, 1.82) is 0 Å². The van der Waals surface area contributed by atoms with Crippen LogP contribution in [0.15, 0.2) is 54.6 Å². The first-order valence-corrected chi connectivity index (χ1v) is 12.0. The van der Waals surface area contributed by atoms with Gasteiger partial charge in [-0.25, -0.2) is 0 Å². The van der Waals surface area contributed by atoms with Gasteiger partial charge in [0.25, 0.3) is 0 Å². The summed E-state index contributed by atoms with van der Waals surface area (Å²) in [5.74, 6) is -0.172. The molecule has 2 unspecified atom stereocenters. The van der Waals surface area contributed by atoms with E-state index in [2.05, 4.69) is 18.7 Å². The molecule has 2 atom stereocenters. The first-order chi connectivity index (χ1) is 16.8. The van der Waals surface area contributed by atoms with Crippen LogP contribution < -0.4 is 0 Å². The first kappa shape index (κ1) is 29.7. The zero-order valence-electron chi connectivity index (χ0n) is 20.4. The topological polar surface area (TPSA) is 40.5 Å². The van der Waals surface area contributed by atoms with Crippen molar-refractivity contribution in [3.63, 3.8) is 0 Å². The van der Waals surface area contributed by atoms with Crippen LogP contribution in [0.4, 0.5) is 26.3 Å². The van der Waals surface area contributed by atoms with Gasteiger partial charge in [-0.2, -0.15) is 26.3 Å². The maximum Gasteiger partial charge on any atom is 0.416 e. The van der Waals surface area contributed by atoms with Crippen molar-refractivity contribution in [3.05, 3.63) is 71.3 Å². The SMILES string of the molecule is CC(C)CCC(c1ccc(C(F)(F)F)cc1)N1CCCC(CC(=O)O)C1.FC(F)(F)c1ccccc1. The number of hydrogen-bond acceptors (Lipinski definition) is 2. The van der Waals surface area contributed by atoms with Gasteiger partial charge < -0.3 is 5.11 Å². The summed E-state index contributed by atoms with van der Waals surface area (Å²) in [6.45, 7) is 5.82. The molecule has 0 saturated carbocycles. The number of carbonyl (C=O) groups is 1. The van der Waals surface area contributed by atoms with Crippen LogP contribution in [0.3, 0.4) is 0 Å². The Morgan fingerprint density at radius 2 is 1.47 bits per heavy atom. The number of likely N-dealkylation sites (tertiary alicyclic amines) is 1. The smallest absolute Gasteiger partial charge is 0.416 e. The second-order valence-electron chi connectivity index (χ2n) is 9.57. The van der Waals surface area contributed by atoms with Gasteiger partial charge in [-0.05, 0) is 61.8 Å². The molecule has 1 aliphatic heterocycles. The third-order valence-electron chi connectivity index (χ3n) is 6.20. The standard InChI is InChI=1S/C20H28F3NO2.C7H5F3/c1-14(2)5-10-18(16-6-8-17(9-7-16)20(21,22)23)24-11-3-4-15(13-24)12-19(25)26;8-7(9,10)6-4-2-1-3-5-6/h6-9,14-15,18H,3-5,10-13H2,1-2H3,(H,25,26);1-5H. The second kappa shape index (κ2) is 13.1. The van der Waals surface area contributed by atoms with Crippen LogP contribution in [-0.4, -0.2) is 29.1 Å². The Hall–Kier alpha value is -2.55. The highest BCUT2D eigenvalue weighted by Crippen LogP contribution is 2.35. The normalized spacial score (nSPS) is 17.9. The fourth-order valence-corrected chi connectivity index (χ4v) is 4.37. The molecule has 3 rings (SSSR count). The van der Waals surface area contributed by atoms with Gasteiger partial charge in [0.1, 0.15) is 0 Å². The molecule has 0 bridgehead atoms. The Labute approximate surface area is 208 Å². The van der Waals surface area contributed by atoms with Crippen molar-refractivity contribution in [3.8, 4) is 0 Å². The molecular formula is C27H33F6NO2. The van der Waals surface area contributed by atoms with E-state index in [4.69, 9.17) is 5.11 Å². The number of benzene rings is 2. The molecule has 1 heterocycles. The van der Waals surface area contributed by atoms with Crippen molar-refractivity contribution in [1.82, 2.24) is 4.90 Å². The summed E-state index contributed by atoms with van der Waals surface area (Å²) in [5, 5.41) is 9.07. The van der Waals surface area contributed by atoms with Gasteiger partial charge in [0.05, 0.1) is 11.1 Å². The minimum Gasteiger partial charge on any atom is -0.481 e. The Morgan fingerprint density at radius 1 is 0.917 bits per heavy atom. The maximum atomic E-state index is 12.8. The Balaban J connectivity index is 0.000000380. The van der Waals surface area contributed by atoms with E-state index in [0.717, 1.165) is 62.1 Å². The predicted molar refractivity (Wildman–Crippen MR) is 126 cm³/mol. The molecule has 2 aromatic carbocycles. The quantitative estimate of drug-likeness (QED) is 0.378. The number of carboxylic acid groups (broad SMARTS) is 1. The largest absolute Gasteiger partial charge is 0.481 e. The molecule has 1 saturated heterocycles. The highest BCUT2D eigenvalue weighted by atomic mass is 19.4. The number of rotatable bonds is 7. The fraction of sp³-hybridized carbons (Fsp3) is 0.519. The minimum absolute atomic E-state index is 0.0382. The monoisotopic (exact) mass is 517 g/mol. The van der Waals surface area contributed by atoms with Crippen molar-refractivity contribution < 1.29 is 36.2 Å². The van der Waals surface area contributed by atoms with Crippen molar-refractivity contribution >= 4 is 5.97 Å². The van der Waals surface area contributed by atoms with Crippen LogP contribution in [0.5, 0.6) is 0 Å². The van der Waals surface area contributed by atoms with Crippen molar-refractivity contribution in [2.24, 2.45) is 11.8 Å². The van der Waals surface area contributed by atoms with Crippen LogP contribution in [0.2, 0.25) is 0 Å².